The minimum atomic E-state index is 0.919. The Labute approximate surface area is 129 Å². The Balaban J connectivity index is 1.45. The van der Waals surface area contributed by atoms with Gasteiger partial charge >= 0.3 is 0 Å². The third-order valence-corrected chi connectivity index (χ3v) is 5.17. The molecule has 0 spiro atoms. The molecular weight excluding hydrogens is 258 g/mol. The number of hydrogen-bond acceptors (Lipinski definition) is 3. The SMILES string of the molecule is Cc1ccc(CN2CCC(CN3CCCC3)CC2)cc1N. The van der Waals surface area contributed by atoms with E-state index in [0.717, 1.165) is 18.2 Å². The third kappa shape index (κ3) is 3.98. The first-order valence-electron chi connectivity index (χ1n) is 8.50. The number of benzene rings is 1. The maximum absolute atomic E-state index is 6.02. The molecule has 0 amide bonds. The Bertz CT molecular complexity index is 458. The number of piperidine rings is 1. The van der Waals surface area contributed by atoms with Crippen molar-refractivity contribution in [2.75, 3.05) is 38.5 Å². The van der Waals surface area contributed by atoms with Crippen molar-refractivity contribution in [3.8, 4) is 0 Å². The standard InChI is InChI=1S/C18H29N3/c1-15-4-5-17(12-18(15)19)14-21-10-6-16(7-11-21)13-20-8-2-3-9-20/h4-5,12,16H,2-3,6-11,13-14,19H2,1H3. The van der Waals surface area contributed by atoms with Crippen LogP contribution in [0.1, 0.15) is 36.8 Å². The fraction of sp³-hybridized carbons (Fsp3) is 0.667. The molecule has 0 aliphatic carbocycles. The molecule has 2 aliphatic heterocycles. The van der Waals surface area contributed by atoms with E-state index in [1.54, 1.807) is 0 Å². The molecule has 0 bridgehead atoms. The Hall–Kier alpha value is -1.06. The maximum atomic E-state index is 6.02. The van der Waals surface area contributed by atoms with E-state index in [1.165, 1.54) is 69.5 Å². The number of aryl methyl sites for hydroxylation is 1. The number of nitrogens with two attached hydrogens (primary N) is 1. The summed E-state index contributed by atoms with van der Waals surface area (Å²) in [6, 6.07) is 6.51. The minimum absolute atomic E-state index is 0.919. The van der Waals surface area contributed by atoms with Crippen LogP contribution in [-0.2, 0) is 6.54 Å². The highest BCUT2D eigenvalue weighted by Gasteiger charge is 2.22. The molecule has 2 heterocycles. The van der Waals surface area contributed by atoms with Gasteiger partial charge in [-0.05, 0) is 81.9 Å². The molecule has 0 aromatic heterocycles. The highest BCUT2D eigenvalue weighted by atomic mass is 15.2. The molecular formula is C18H29N3. The average molecular weight is 287 g/mol. The number of rotatable bonds is 4. The molecule has 3 heteroatoms. The first-order valence-corrected chi connectivity index (χ1v) is 8.50. The zero-order valence-corrected chi connectivity index (χ0v) is 13.4. The molecule has 0 atom stereocenters. The fourth-order valence-electron chi connectivity index (χ4n) is 3.70. The van der Waals surface area contributed by atoms with Crippen molar-refractivity contribution in [2.45, 2.75) is 39.2 Å². The molecule has 3 nitrogen and oxygen atoms in total. The Morgan fingerprint density at radius 1 is 1.05 bits per heavy atom. The van der Waals surface area contributed by atoms with E-state index >= 15 is 0 Å². The second-order valence-corrected chi connectivity index (χ2v) is 6.92. The van der Waals surface area contributed by atoms with E-state index in [-0.39, 0.29) is 0 Å². The maximum Gasteiger partial charge on any atom is 0.0346 e. The van der Waals surface area contributed by atoms with E-state index in [9.17, 15) is 0 Å². The van der Waals surface area contributed by atoms with Gasteiger partial charge in [0.1, 0.15) is 0 Å². The lowest BCUT2D eigenvalue weighted by Gasteiger charge is -2.34. The van der Waals surface area contributed by atoms with E-state index in [4.69, 9.17) is 5.73 Å². The molecule has 2 saturated heterocycles. The Morgan fingerprint density at radius 3 is 2.43 bits per heavy atom. The summed E-state index contributed by atoms with van der Waals surface area (Å²) in [7, 11) is 0. The summed E-state index contributed by atoms with van der Waals surface area (Å²) in [5, 5.41) is 0. The number of nitrogens with zero attached hydrogens (tertiary/aromatic N) is 2. The van der Waals surface area contributed by atoms with Crippen molar-refractivity contribution in [3.63, 3.8) is 0 Å². The molecule has 2 aliphatic rings. The summed E-state index contributed by atoms with van der Waals surface area (Å²) in [4.78, 5) is 5.26. The van der Waals surface area contributed by atoms with Crippen LogP contribution in [0.5, 0.6) is 0 Å². The Morgan fingerprint density at radius 2 is 1.76 bits per heavy atom. The molecule has 3 rings (SSSR count). The molecule has 2 fully saturated rings. The molecule has 1 aromatic carbocycles. The molecule has 1 aromatic rings. The predicted molar refractivity (Wildman–Crippen MR) is 89.3 cm³/mol. The predicted octanol–water partition coefficient (Wildman–Crippen LogP) is 2.89. The second kappa shape index (κ2) is 6.80. The van der Waals surface area contributed by atoms with Crippen LogP contribution >= 0.6 is 0 Å². The highest BCUT2D eigenvalue weighted by Crippen LogP contribution is 2.22. The highest BCUT2D eigenvalue weighted by molar-refractivity contribution is 5.48. The van der Waals surface area contributed by atoms with Crippen LogP contribution in [-0.4, -0.2) is 42.5 Å². The summed E-state index contributed by atoms with van der Waals surface area (Å²) in [5.41, 5.74) is 9.48. The largest absolute Gasteiger partial charge is 0.399 e. The van der Waals surface area contributed by atoms with Crippen molar-refractivity contribution in [1.29, 1.82) is 0 Å². The monoisotopic (exact) mass is 287 g/mol. The van der Waals surface area contributed by atoms with Crippen LogP contribution in [0.3, 0.4) is 0 Å². The smallest absolute Gasteiger partial charge is 0.0346 e. The number of anilines is 1. The quantitative estimate of drug-likeness (QED) is 0.864. The summed E-state index contributed by atoms with van der Waals surface area (Å²) in [6.07, 6.45) is 5.54. The second-order valence-electron chi connectivity index (χ2n) is 6.92. The van der Waals surface area contributed by atoms with Gasteiger partial charge in [0.2, 0.25) is 0 Å². The van der Waals surface area contributed by atoms with Gasteiger partial charge in [0, 0.05) is 18.8 Å². The lowest BCUT2D eigenvalue weighted by molar-refractivity contribution is 0.149. The summed E-state index contributed by atoms with van der Waals surface area (Å²) < 4.78 is 0. The van der Waals surface area contributed by atoms with Gasteiger partial charge in [-0.3, -0.25) is 4.90 Å². The van der Waals surface area contributed by atoms with Crippen LogP contribution in [0.2, 0.25) is 0 Å². The van der Waals surface area contributed by atoms with E-state index in [2.05, 4.69) is 34.9 Å². The summed E-state index contributed by atoms with van der Waals surface area (Å²) in [6.45, 7) is 9.62. The summed E-state index contributed by atoms with van der Waals surface area (Å²) >= 11 is 0. The van der Waals surface area contributed by atoms with Crippen molar-refractivity contribution < 1.29 is 0 Å². The minimum Gasteiger partial charge on any atom is -0.399 e. The van der Waals surface area contributed by atoms with E-state index in [0.29, 0.717) is 0 Å². The summed E-state index contributed by atoms with van der Waals surface area (Å²) in [5.74, 6) is 0.919. The number of hydrogen-bond donors (Lipinski definition) is 1. The average Bonchev–Trinajstić information content (AvgIpc) is 2.98. The van der Waals surface area contributed by atoms with Gasteiger partial charge in [0.05, 0.1) is 0 Å². The van der Waals surface area contributed by atoms with Gasteiger partial charge in [-0.15, -0.1) is 0 Å². The normalized spacial score (nSPS) is 22.0. The van der Waals surface area contributed by atoms with Gasteiger partial charge in [-0.25, -0.2) is 0 Å². The van der Waals surface area contributed by atoms with Crippen molar-refractivity contribution in [2.24, 2.45) is 5.92 Å². The van der Waals surface area contributed by atoms with E-state index in [1.807, 2.05) is 0 Å². The van der Waals surface area contributed by atoms with Crippen molar-refractivity contribution in [1.82, 2.24) is 9.80 Å². The van der Waals surface area contributed by atoms with Gasteiger partial charge in [-0.1, -0.05) is 12.1 Å². The van der Waals surface area contributed by atoms with Crippen molar-refractivity contribution in [3.05, 3.63) is 29.3 Å². The molecule has 21 heavy (non-hydrogen) atoms. The molecule has 0 radical (unpaired) electrons. The van der Waals surface area contributed by atoms with Crippen LogP contribution in [0, 0.1) is 12.8 Å². The van der Waals surface area contributed by atoms with Gasteiger partial charge < -0.3 is 10.6 Å². The van der Waals surface area contributed by atoms with Gasteiger partial charge in [0.15, 0.2) is 0 Å². The molecule has 2 N–H and O–H groups in total. The Kier molecular flexibility index (Phi) is 4.81. The van der Waals surface area contributed by atoms with Gasteiger partial charge in [0.25, 0.3) is 0 Å². The zero-order valence-electron chi connectivity index (χ0n) is 13.4. The number of nitrogen functional groups attached to an aromatic ring is 1. The van der Waals surface area contributed by atoms with Gasteiger partial charge in [-0.2, -0.15) is 0 Å². The van der Waals surface area contributed by atoms with Crippen LogP contribution in [0.15, 0.2) is 18.2 Å². The molecule has 116 valence electrons. The number of likely N-dealkylation sites (tertiary alicyclic amines) is 2. The molecule has 0 unspecified atom stereocenters. The molecule has 0 saturated carbocycles. The van der Waals surface area contributed by atoms with Crippen LogP contribution in [0.4, 0.5) is 5.69 Å². The first-order chi connectivity index (χ1) is 10.2. The van der Waals surface area contributed by atoms with E-state index < -0.39 is 0 Å². The van der Waals surface area contributed by atoms with Crippen LogP contribution < -0.4 is 5.73 Å². The van der Waals surface area contributed by atoms with Crippen molar-refractivity contribution >= 4 is 5.69 Å². The van der Waals surface area contributed by atoms with Crippen LogP contribution in [0.25, 0.3) is 0 Å². The first kappa shape index (κ1) is 14.9. The lowest BCUT2D eigenvalue weighted by Crippen LogP contribution is -2.37. The third-order valence-electron chi connectivity index (χ3n) is 5.17. The lowest BCUT2D eigenvalue weighted by atomic mass is 9.96. The zero-order chi connectivity index (χ0) is 14.7. The topological polar surface area (TPSA) is 32.5 Å². The fourth-order valence-corrected chi connectivity index (χ4v) is 3.70.